The SMILES string of the molecule is Cc1ccc2sc3ccc(-c4ccc5c(c4)c4cc(-c6ccc7c(c6)c6cc(-c8ccc9sc%10ccc(C)cc%10c9c8)ccc6n7-c6ccc(-c7ccc8c(c7)S(C)(C)c7ccccc7-8)cc6)ccc4n5-c4ccc(-c5ccc6c(c5)S(C)(C)c5ccccc5-6)cc4)cc3c2c1. The molecule has 0 bridgehead atoms. The molecule has 0 atom stereocenters. The Labute approximate surface area is 569 Å². The number of hydrogen-bond acceptors (Lipinski definition) is 2. The zero-order valence-corrected chi connectivity index (χ0v) is 57.4. The van der Waals surface area contributed by atoms with E-state index >= 15 is 0 Å². The maximum Gasteiger partial charge on any atom is 0.0541 e. The summed E-state index contributed by atoms with van der Waals surface area (Å²) in [6.45, 7) is 4.39. The van der Waals surface area contributed by atoms with Crippen LogP contribution in [0.1, 0.15) is 11.1 Å². The van der Waals surface area contributed by atoms with E-state index in [-0.39, 0.29) is 0 Å². The lowest BCUT2D eigenvalue weighted by Crippen LogP contribution is -1.95. The zero-order valence-electron chi connectivity index (χ0n) is 54.1. The fourth-order valence-electron chi connectivity index (χ4n) is 16.3. The van der Waals surface area contributed by atoms with Gasteiger partial charge >= 0.3 is 0 Å². The number of hydrogen-bond donors (Lipinski definition) is 0. The van der Waals surface area contributed by atoms with E-state index in [1.165, 1.54) is 193 Å². The van der Waals surface area contributed by atoms with Gasteiger partial charge in [0, 0.05) is 92.8 Å². The Bertz CT molecular complexity index is 6010. The van der Waals surface area contributed by atoms with Gasteiger partial charge in [0.1, 0.15) is 0 Å². The average Bonchev–Trinajstić information content (AvgIpc) is 1.60. The van der Waals surface area contributed by atoms with Crippen LogP contribution < -0.4 is 0 Å². The highest BCUT2D eigenvalue weighted by molar-refractivity contribution is 8.33. The van der Waals surface area contributed by atoms with Gasteiger partial charge < -0.3 is 9.13 Å². The normalized spacial score (nSPS) is 14.4. The van der Waals surface area contributed by atoms with E-state index in [1.54, 1.807) is 0 Å². The predicted molar refractivity (Wildman–Crippen MR) is 420 cm³/mol. The van der Waals surface area contributed by atoms with E-state index in [9.17, 15) is 0 Å². The first-order valence-electron chi connectivity index (χ1n) is 33.0. The molecule has 0 spiro atoms. The van der Waals surface area contributed by atoms with Crippen molar-refractivity contribution >= 4 is 127 Å². The Hall–Kier alpha value is -10.2. The highest BCUT2D eigenvalue weighted by atomic mass is 32.3. The Morgan fingerprint density at radius 2 is 0.500 bits per heavy atom. The van der Waals surface area contributed by atoms with Gasteiger partial charge in [-0.25, -0.2) is 0 Å². The standard InChI is InChI=1S/C90H64N2S4/c1-53-15-39-83-75(43-53)77-49-61(27-41-85(77)93-83)59-25-37-81-73(47-59)71-45-57(23-35-79(71)91(81)65-29-17-55(18-30-65)63-21-33-69-67-11-7-9-13-87(67)95(3,4)89(69)51-63)58-24-36-80-72(46-58)74-48-60(62-28-42-86-78(50-62)76-44-54(2)16-40-84(76)94-86)26-38-82(74)92(80)66-31-19-56(20-32-66)64-22-34-70-68-12-8-10-14-88(68)96(5,6)90(70)52-64/h7-52H,1-6H3. The van der Waals surface area contributed by atoms with Gasteiger partial charge in [-0.3, -0.25) is 0 Å². The zero-order chi connectivity index (χ0) is 64.0. The predicted octanol–water partition coefficient (Wildman–Crippen LogP) is 26.5. The number of thiophene rings is 2. The molecule has 20 rings (SSSR count). The molecule has 0 radical (unpaired) electrons. The number of fused-ring (bicyclic) bond motifs is 18. The molecule has 6 heterocycles. The number of benzene rings is 14. The maximum atomic E-state index is 2.49. The van der Waals surface area contributed by atoms with Crippen molar-refractivity contribution in [1.29, 1.82) is 0 Å². The van der Waals surface area contributed by atoms with Gasteiger partial charge in [0.05, 0.1) is 22.1 Å². The van der Waals surface area contributed by atoms with E-state index in [4.69, 9.17) is 0 Å². The van der Waals surface area contributed by atoms with Crippen molar-refractivity contribution in [2.45, 2.75) is 33.4 Å². The van der Waals surface area contributed by atoms with Gasteiger partial charge in [-0.2, -0.15) is 20.1 Å². The summed E-state index contributed by atoms with van der Waals surface area (Å²) in [6.07, 6.45) is 9.80. The van der Waals surface area contributed by atoms with Crippen LogP contribution in [0.15, 0.2) is 299 Å². The van der Waals surface area contributed by atoms with Crippen molar-refractivity contribution < 1.29 is 0 Å². The molecule has 458 valence electrons. The van der Waals surface area contributed by atoms with E-state index in [1.807, 2.05) is 22.7 Å². The molecule has 0 saturated heterocycles. The van der Waals surface area contributed by atoms with Gasteiger partial charge in [0.15, 0.2) is 0 Å². The molecule has 14 aromatic carbocycles. The minimum absolute atomic E-state index is 1.13. The van der Waals surface area contributed by atoms with E-state index in [0.29, 0.717) is 0 Å². The molecule has 2 aliphatic rings. The van der Waals surface area contributed by atoms with Crippen LogP contribution in [0.2, 0.25) is 0 Å². The fourth-order valence-corrected chi connectivity index (χ4v) is 23.5. The largest absolute Gasteiger partial charge is 0.309 e. The summed E-state index contributed by atoms with van der Waals surface area (Å²) in [7, 11) is -2.27. The average molecular weight is 1300 g/mol. The van der Waals surface area contributed by atoms with Crippen LogP contribution in [0.4, 0.5) is 0 Å². The number of aromatic nitrogens is 2. The number of aryl methyl sites for hydroxylation is 2. The van der Waals surface area contributed by atoms with Crippen molar-refractivity contribution in [3.05, 3.63) is 290 Å². The molecule has 0 fully saturated rings. The molecule has 96 heavy (non-hydrogen) atoms. The first kappa shape index (κ1) is 56.2. The molecule has 0 unspecified atom stereocenters. The molecule has 0 N–H and O–H groups in total. The number of nitrogens with zero attached hydrogens (tertiary/aromatic N) is 2. The Morgan fingerprint density at radius 1 is 0.229 bits per heavy atom. The molecule has 2 nitrogen and oxygen atoms in total. The summed E-state index contributed by atoms with van der Waals surface area (Å²) in [5.41, 5.74) is 27.3. The van der Waals surface area contributed by atoms with Crippen LogP contribution in [-0.4, -0.2) is 34.2 Å². The lowest BCUT2D eigenvalue weighted by atomic mass is 9.97. The first-order valence-corrected chi connectivity index (χ1v) is 39.6. The van der Waals surface area contributed by atoms with Crippen LogP contribution in [0.25, 0.3) is 173 Å². The summed E-state index contributed by atoms with van der Waals surface area (Å²) >= 11 is 3.76. The molecule has 0 aliphatic carbocycles. The molecule has 4 aromatic heterocycles. The topological polar surface area (TPSA) is 9.86 Å². The van der Waals surface area contributed by atoms with Gasteiger partial charge in [-0.15, -0.1) is 22.7 Å². The minimum Gasteiger partial charge on any atom is -0.309 e. The summed E-state index contributed by atoms with van der Waals surface area (Å²) in [5, 5.41) is 10.2. The third-order valence-electron chi connectivity index (χ3n) is 21.2. The quantitative estimate of drug-likeness (QED) is 0.151. The van der Waals surface area contributed by atoms with Crippen molar-refractivity contribution in [3.63, 3.8) is 0 Å². The maximum absolute atomic E-state index is 2.49. The lowest BCUT2D eigenvalue weighted by Gasteiger charge is -2.28. The van der Waals surface area contributed by atoms with Crippen LogP contribution in [0.3, 0.4) is 0 Å². The van der Waals surface area contributed by atoms with Gasteiger partial charge in [0.2, 0.25) is 0 Å². The van der Waals surface area contributed by atoms with Crippen LogP contribution in [0.5, 0.6) is 0 Å². The highest BCUT2D eigenvalue weighted by Crippen LogP contribution is 2.69. The second-order valence-corrected chi connectivity index (χ2v) is 36.6. The van der Waals surface area contributed by atoms with E-state index in [2.05, 4.69) is 327 Å². The van der Waals surface area contributed by atoms with E-state index < -0.39 is 20.1 Å². The second kappa shape index (κ2) is 20.7. The van der Waals surface area contributed by atoms with Crippen LogP contribution in [0, 0.1) is 13.8 Å². The molecular weight excluding hydrogens is 1240 g/mol. The smallest absolute Gasteiger partial charge is 0.0541 e. The third kappa shape index (κ3) is 8.39. The van der Waals surface area contributed by atoms with Crippen molar-refractivity contribution in [2.24, 2.45) is 0 Å². The van der Waals surface area contributed by atoms with Crippen molar-refractivity contribution in [2.75, 3.05) is 25.0 Å². The molecular formula is C90H64N2S4. The van der Waals surface area contributed by atoms with Gasteiger partial charge in [-0.1, -0.05) is 145 Å². The lowest BCUT2D eigenvalue weighted by molar-refractivity contribution is 1.18. The monoisotopic (exact) mass is 1300 g/mol. The first-order chi connectivity index (χ1) is 46.8. The highest BCUT2D eigenvalue weighted by Gasteiger charge is 2.33. The summed E-state index contributed by atoms with van der Waals surface area (Å²) < 4.78 is 10.3. The third-order valence-corrected chi connectivity index (χ3v) is 29.3. The summed E-state index contributed by atoms with van der Waals surface area (Å²) in [5.74, 6) is 0. The fraction of sp³-hybridized carbons (Fsp3) is 0.0667. The van der Waals surface area contributed by atoms with Gasteiger partial charge in [0.25, 0.3) is 0 Å². The Balaban J connectivity index is 0.735. The van der Waals surface area contributed by atoms with Crippen molar-refractivity contribution in [1.82, 2.24) is 9.13 Å². The molecule has 0 saturated carbocycles. The second-order valence-electron chi connectivity index (χ2n) is 27.4. The summed E-state index contributed by atoms with van der Waals surface area (Å²) in [4.78, 5) is 5.91. The van der Waals surface area contributed by atoms with Crippen molar-refractivity contribution in [3.8, 4) is 89.3 Å². The molecule has 2 aliphatic heterocycles. The molecule has 18 aromatic rings. The number of rotatable bonds is 7. The Kier molecular flexibility index (Phi) is 12.1. The van der Waals surface area contributed by atoms with E-state index in [0.717, 1.165) is 11.4 Å². The van der Waals surface area contributed by atoms with Crippen LogP contribution in [-0.2, 0) is 0 Å². The minimum atomic E-state index is -1.13. The molecule has 0 amide bonds. The van der Waals surface area contributed by atoms with Crippen LogP contribution >= 0.6 is 42.7 Å². The van der Waals surface area contributed by atoms with Gasteiger partial charge in [-0.05, 0) is 262 Å². The Morgan fingerprint density at radius 3 is 0.865 bits per heavy atom. The summed E-state index contributed by atoms with van der Waals surface area (Å²) in [6, 6.07) is 107. The molecule has 6 heteroatoms.